The molecule has 1 saturated heterocycles. The smallest absolute Gasteiger partial charge is 0.264 e. The first kappa shape index (κ1) is 36.7. The van der Waals surface area contributed by atoms with Crippen molar-refractivity contribution in [1.29, 1.82) is 0 Å². The fourth-order valence-corrected chi connectivity index (χ4v) is 9.00. The molecule has 0 radical (unpaired) electrons. The van der Waals surface area contributed by atoms with Crippen molar-refractivity contribution in [3.05, 3.63) is 161 Å². The number of para-hydroxylation sites is 1. The Morgan fingerprint density at radius 1 is 0.800 bits per heavy atom. The van der Waals surface area contributed by atoms with Crippen LogP contribution in [0.3, 0.4) is 0 Å². The third-order valence-electron chi connectivity index (χ3n) is 10.5. The fourth-order valence-electron chi connectivity index (χ4n) is 7.77. The van der Waals surface area contributed by atoms with Crippen molar-refractivity contribution in [3.63, 3.8) is 0 Å². The average molecular weight is 758 g/mol. The van der Waals surface area contributed by atoms with Crippen molar-refractivity contribution in [2.24, 2.45) is 0 Å². The SMILES string of the molecule is COc1cc2c(cc1OC)CN(CC1OC(c3cccc(NS(=O)(=O)c4cccc5cccnc45)c3)OC(c3ccc(CO)cc3)C1c1ccccc1)CC2. The summed E-state index contributed by atoms with van der Waals surface area (Å²) >= 11 is 0. The first-order valence-electron chi connectivity index (χ1n) is 18.3. The fraction of sp³-hybridized carbons (Fsp3) is 0.250. The molecule has 1 fully saturated rings. The zero-order valence-corrected chi connectivity index (χ0v) is 31.5. The van der Waals surface area contributed by atoms with Crippen LogP contribution in [-0.2, 0) is 39.1 Å². The Kier molecular flexibility index (Phi) is 10.5. The highest BCUT2D eigenvalue weighted by atomic mass is 32.2. The molecular weight excluding hydrogens is 715 g/mol. The second-order valence-electron chi connectivity index (χ2n) is 13.9. The summed E-state index contributed by atoms with van der Waals surface area (Å²) in [6.45, 7) is 2.08. The molecule has 2 aliphatic rings. The lowest BCUT2D eigenvalue weighted by atomic mass is 9.82. The summed E-state index contributed by atoms with van der Waals surface area (Å²) in [5, 5.41) is 10.6. The van der Waals surface area contributed by atoms with E-state index in [9.17, 15) is 13.5 Å². The highest BCUT2D eigenvalue weighted by molar-refractivity contribution is 7.93. The molecule has 0 saturated carbocycles. The van der Waals surface area contributed by atoms with Gasteiger partial charge in [-0.05, 0) is 70.6 Å². The number of fused-ring (bicyclic) bond motifs is 2. The minimum absolute atomic E-state index is 0.0626. The summed E-state index contributed by atoms with van der Waals surface area (Å²) < 4.78 is 55.5. The Bertz CT molecular complexity index is 2390. The quantitative estimate of drug-likeness (QED) is 0.138. The lowest BCUT2D eigenvalue weighted by molar-refractivity contribution is -0.263. The minimum atomic E-state index is -3.99. The summed E-state index contributed by atoms with van der Waals surface area (Å²) in [5.74, 6) is 1.24. The molecule has 10 nitrogen and oxygen atoms in total. The van der Waals surface area contributed by atoms with Gasteiger partial charge in [0.2, 0.25) is 0 Å². The maximum atomic E-state index is 13.8. The van der Waals surface area contributed by atoms with Crippen molar-refractivity contribution in [1.82, 2.24) is 9.88 Å². The number of aromatic nitrogens is 1. The Balaban J connectivity index is 1.14. The molecular formula is C44H43N3O7S. The van der Waals surface area contributed by atoms with Gasteiger partial charge in [0, 0.05) is 48.4 Å². The van der Waals surface area contributed by atoms with Crippen molar-refractivity contribution < 1.29 is 32.5 Å². The van der Waals surface area contributed by atoms with Gasteiger partial charge in [-0.25, -0.2) is 8.42 Å². The van der Waals surface area contributed by atoms with Gasteiger partial charge in [-0.2, -0.15) is 0 Å². The molecule has 0 amide bonds. The molecule has 11 heteroatoms. The van der Waals surface area contributed by atoms with Crippen LogP contribution in [0.5, 0.6) is 11.5 Å². The van der Waals surface area contributed by atoms with E-state index in [0.29, 0.717) is 35.6 Å². The summed E-state index contributed by atoms with van der Waals surface area (Å²) in [4.78, 5) is 6.86. The molecule has 282 valence electrons. The van der Waals surface area contributed by atoms with Gasteiger partial charge in [0.15, 0.2) is 17.8 Å². The number of hydrogen-bond acceptors (Lipinski definition) is 9. The highest BCUT2D eigenvalue weighted by Crippen LogP contribution is 2.47. The molecule has 8 rings (SSSR count). The van der Waals surface area contributed by atoms with E-state index in [-0.39, 0.29) is 23.5 Å². The van der Waals surface area contributed by atoms with Crippen LogP contribution in [-0.4, -0.2) is 56.8 Å². The minimum Gasteiger partial charge on any atom is -0.493 e. The molecule has 4 unspecified atom stereocenters. The average Bonchev–Trinajstić information content (AvgIpc) is 3.23. The number of rotatable bonds is 11. The molecule has 5 aromatic carbocycles. The van der Waals surface area contributed by atoms with E-state index in [0.717, 1.165) is 40.8 Å². The molecule has 6 aromatic rings. The van der Waals surface area contributed by atoms with Crippen molar-refractivity contribution in [3.8, 4) is 11.5 Å². The molecule has 0 aliphatic carbocycles. The van der Waals surface area contributed by atoms with Gasteiger partial charge in [0.1, 0.15) is 4.90 Å². The first-order chi connectivity index (χ1) is 26.8. The number of sulfonamides is 1. The van der Waals surface area contributed by atoms with Gasteiger partial charge in [0.25, 0.3) is 10.0 Å². The molecule has 2 aliphatic heterocycles. The van der Waals surface area contributed by atoms with Gasteiger partial charge in [-0.15, -0.1) is 0 Å². The maximum absolute atomic E-state index is 13.8. The van der Waals surface area contributed by atoms with Crippen molar-refractivity contribution in [2.75, 3.05) is 32.0 Å². The molecule has 3 heterocycles. The van der Waals surface area contributed by atoms with Crippen LogP contribution in [0.25, 0.3) is 10.9 Å². The number of anilines is 1. The van der Waals surface area contributed by atoms with E-state index >= 15 is 0 Å². The lowest BCUT2D eigenvalue weighted by Gasteiger charge is -2.45. The summed E-state index contributed by atoms with van der Waals surface area (Å²) in [6.07, 6.45) is 0.856. The predicted molar refractivity (Wildman–Crippen MR) is 211 cm³/mol. The molecule has 2 N–H and O–H groups in total. The van der Waals surface area contributed by atoms with Gasteiger partial charge in [-0.1, -0.05) is 84.9 Å². The molecule has 0 bridgehead atoms. The van der Waals surface area contributed by atoms with Gasteiger partial charge in [-0.3, -0.25) is 14.6 Å². The van der Waals surface area contributed by atoms with Crippen molar-refractivity contribution >= 4 is 26.6 Å². The number of aliphatic hydroxyl groups excluding tert-OH is 1. The molecule has 1 aromatic heterocycles. The first-order valence-corrected chi connectivity index (χ1v) is 19.8. The van der Waals surface area contributed by atoms with E-state index < -0.39 is 22.4 Å². The Labute approximate surface area is 321 Å². The Morgan fingerprint density at radius 2 is 1.53 bits per heavy atom. The summed E-state index contributed by atoms with van der Waals surface area (Å²) in [6, 6.07) is 38.2. The van der Waals surface area contributed by atoms with Crippen LogP contribution in [0.1, 0.15) is 51.7 Å². The van der Waals surface area contributed by atoms with Gasteiger partial charge < -0.3 is 24.1 Å². The third-order valence-corrected chi connectivity index (χ3v) is 11.9. The van der Waals surface area contributed by atoms with Gasteiger partial charge >= 0.3 is 0 Å². The standard InChI is InChI=1S/C44H43N3O7S/c1-51-37-24-33-20-22-47(26-35(33)25-38(37)52-2)27-39-41(30-9-4-3-5-10-30)43(32-18-16-29(28-48)17-19-32)54-44(53-39)34-12-6-14-36(23-34)46-55(49,50)40-15-7-11-31-13-8-21-45-42(31)40/h3-19,21,23-25,39,41,43-44,46,48H,20,22,26-28H2,1-2H3. The van der Waals surface area contributed by atoms with E-state index in [2.05, 4.69) is 38.9 Å². The second kappa shape index (κ2) is 15.8. The maximum Gasteiger partial charge on any atom is 0.264 e. The van der Waals surface area contributed by atoms with Crippen LogP contribution in [0.4, 0.5) is 5.69 Å². The predicted octanol–water partition coefficient (Wildman–Crippen LogP) is 7.54. The van der Waals surface area contributed by atoms with E-state index in [1.807, 2.05) is 60.7 Å². The third kappa shape index (κ3) is 7.67. The van der Waals surface area contributed by atoms with Crippen LogP contribution in [0, 0.1) is 0 Å². The Hall–Kier alpha value is -5.30. The summed E-state index contributed by atoms with van der Waals surface area (Å²) in [5.41, 5.74) is 6.70. The molecule has 55 heavy (non-hydrogen) atoms. The van der Waals surface area contributed by atoms with E-state index in [1.165, 1.54) is 11.1 Å². The highest BCUT2D eigenvalue weighted by Gasteiger charge is 2.43. The normalized spacial score (nSPS) is 20.1. The van der Waals surface area contributed by atoms with E-state index in [4.69, 9.17) is 18.9 Å². The van der Waals surface area contributed by atoms with Crippen LogP contribution in [0.15, 0.2) is 132 Å². The largest absolute Gasteiger partial charge is 0.493 e. The number of nitrogens with zero attached hydrogens (tertiary/aromatic N) is 2. The lowest BCUT2D eigenvalue weighted by Crippen LogP contribution is -2.45. The number of methoxy groups -OCH3 is 2. The zero-order valence-electron chi connectivity index (χ0n) is 30.7. The van der Waals surface area contributed by atoms with E-state index in [1.54, 1.807) is 56.8 Å². The Morgan fingerprint density at radius 3 is 2.29 bits per heavy atom. The monoisotopic (exact) mass is 757 g/mol. The second-order valence-corrected chi connectivity index (χ2v) is 15.6. The number of nitrogens with one attached hydrogen (secondary N) is 1. The summed E-state index contributed by atoms with van der Waals surface area (Å²) in [7, 11) is -0.687. The van der Waals surface area contributed by atoms with Crippen LogP contribution in [0.2, 0.25) is 0 Å². The zero-order chi connectivity index (χ0) is 37.9. The number of ether oxygens (including phenoxy) is 4. The van der Waals surface area contributed by atoms with Gasteiger partial charge in [0.05, 0.1) is 38.6 Å². The molecule has 0 spiro atoms. The number of benzene rings is 5. The van der Waals surface area contributed by atoms with Crippen molar-refractivity contribution in [2.45, 2.75) is 48.9 Å². The van der Waals surface area contributed by atoms with Crippen LogP contribution >= 0.6 is 0 Å². The number of hydrogen-bond donors (Lipinski definition) is 2. The number of pyridine rings is 1. The number of aliphatic hydroxyl groups is 1. The van der Waals surface area contributed by atoms with Crippen LogP contribution < -0.4 is 14.2 Å². The molecule has 4 atom stereocenters. The topological polar surface area (TPSA) is 119 Å².